The van der Waals surface area contributed by atoms with Crippen molar-refractivity contribution in [3.05, 3.63) is 24.3 Å². The summed E-state index contributed by atoms with van der Waals surface area (Å²) < 4.78 is 0. The lowest BCUT2D eigenvalue weighted by Crippen LogP contribution is -2.51. The summed E-state index contributed by atoms with van der Waals surface area (Å²) in [5, 5.41) is 6.80. The summed E-state index contributed by atoms with van der Waals surface area (Å²) >= 11 is 0. The Morgan fingerprint density at radius 2 is 1.71 bits per heavy atom. The van der Waals surface area contributed by atoms with Crippen LogP contribution in [0.25, 0.3) is 0 Å². The lowest BCUT2D eigenvalue weighted by Gasteiger charge is -2.30. The van der Waals surface area contributed by atoms with Crippen LogP contribution < -0.4 is 15.5 Å². The van der Waals surface area contributed by atoms with Gasteiger partial charge >= 0.3 is 0 Å². The van der Waals surface area contributed by atoms with Gasteiger partial charge in [0.15, 0.2) is 0 Å². The number of hydrogen-bond donors (Lipinski definition) is 2. The van der Waals surface area contributed by atoms with Gasteiger partial charge in [-0.2, -0.15) is 0 Å². The Bertz CT molecular complexity index is 350. The Hall–Kier alpha value is -1.22. The summed E-state index contributed by atoms with van der Waals surface area (Å²) in [7, 11) is 0. The average Bonchev–Trinajstić information content (AvgIpc) is 2.36. The van der Waals surface area contributed by atoms with E-state index < -0.39 is 0 Å². The molecule has 0 bridgehead atoms. The SMILES string of the molecule is c1cc(N2CCCCC2)ccc1NC1CNC1. The molecule has 3 rings (SSSR count). The highest BCUT2D eigenvalue weighted by Gasteiger charge is 2.16. The van der Waals surface area contributed by atoms with Crippen LogP contribution in [0, 0.1) is 0 Å². The first-order valence-electron chi connectivity index (χ1n) is 6.74. The first-order valence-corrected chi connectivity index (χ1v) is 6.74. The molecule has 0 aliphatic carbocycles. The van der Waals surface area contributed by atoms with Crippen LogP contribution in [0.4, 0.5) is 11.4 Å². The standard InChI is InChI=1S/C14H21N3/c1-2-8-17(9-3-1)14-6-4-12(5-7-14)16-13-10-15-11-13/h4-7,13,15-16H,1-3,8-11H2. The van der Waals surface area contributed by atoms with Gasteiger partial charge in [-0.1, -0.05) is 0 Å². The van der Waals surface area contributed by atoms with Crippen molar-refractivity contribution < 1.29 is 0 Å². The number of benzene rings is 1. The van der Waals surface area contributed by atoms with E-state index in [4.69, 9.17) is 0 Å². The fourth-order valence-electron chi connectivity index (χ4n) is 2.55. The van der Waals surface area contributed by atoms with Gasteiger partial charge in [0.25, 0.3) is 0 Å². The molecule has 2 aliphatic heterocycles. The predicted molar refractivity (Wildman–Crippen MR) is 72.8 cm³/mol. The third-order valence-electron chi connectivity index (χ3n) is 3.74. The Kier molecular flexibility index (Phi) is 3.18. The second-order valence-corrected chi connectivity index (χ2v) is 5.09. The Labute approximate surface area is 103 Å². The average molecular weight is 231 g/mol. The third kappa shape index (κ3) is 2.55. The largest absolute Gasteiger partial charge is 0.380 e. The highest BCUT2D eigenvalue weighted by molar-refractivity contribution is 5.55. The smallest absolute Gasteiger partial charge is 0.0510 e. The molecule has 3 heteroatoms. The van der Waals surface area contributed by atoms with E-state index in [-0.39, 0.29) is 0 Å². The third-order valence-corrected chi connectivity index (χ3v) is 3.74. The molecule has 17 heavy (non-hydrogen) atoms. The molecule has 0 aromatic heterocycles. The van der Waals surface area contributed by atoms with Gasteiger partial charge in [-0.25, -0.2) is 0 Å². The summed E-state index contributed by atoms with van der Waals surface area (Å²) in [4.78, 5) is 2.50. The van der Waals surface area contributed by atoms with Crippen LogP contribution in [0.2, 0.25) is 0 Å². The zero-order valence-corrected chi connectivity index (χ0v) is 10.3. The molecule has 92 valence electrons. The van der Waals surface area contributed by atoms with Gasteiger partial charge in [-0.3, -0.25) is 0 Å². The van der Waals surface area contributed by atoms with Crippen molar-refractivity contribution in [1.29, 1.82) is 0 Å². The lowest BCUT2D eigenvalue weighted by molar-refractivity contribution is 0.472. The first-order chi connectivity index (χ1) is 8.42. The van der Waals surface area contributed by atoms with E-state index in [0.717, 1.165) is 13.1 Å². The highest BCUT2D eigenvalue weighted by atomic mass is 15.1. The maximum atomic E-state index is 3.53. The lowest BCUT2D eigenvalue weighted by atomic mass is 10.1. The molecular weight excluding hydrogens is 210 g/mol. The molecule has 0 unspecified atom stereocenters. The maximum Gasteiger partial charge on any atom is 0.0510 e. The van der Waals surface area contributed by atoms with Crippen molar-refractivity contribution in [2.24, 2.45) is 0 Å². The molecule has 0 amide bonds. The summed E-state index contributed by atoms with van der Waals surface area (Å²) in [5.41, 5.74) is 2.62. The van der Waals surface area contributed by atoms with Crippen LogP contribution in [0.3, 0.4) is 0 Å². The van der Waals surface area contributed by atoms with E-state index in [0.29, 0.717) is 6.04 Å². The van der Waals surface area contributed by atoms with Crippen molar-refractivity contribution in [2.75, 3.05) is 36.4 Å². The molecule has 3 nitrogen and oxygen atoms in total. The Morgan fingerprint density at radius 3 is 2.29 bits per heavy atom. The number of rotatable bonds is 3. The molecule has 0 saturated carbocycles. The van der Waals surface area contributed by atoms with E-state index >= 15 is 0 Å². The minimum Gasteiger partial charge on any atom is -0.380 e. The van der Waals surface area contributed by atoms with Gasteiger partial charge in [-0.15, -0.1) is 0 Å². The van der Waals surface area contributed by atoms with Crippen LogP contribution in [0.15, 0.2) is 24.3 Å². The molecule has 2 heterocycles. The topological polar surface area (TPSA) is 27.3 Å². The van der Waals surface area contributed by atoms with Crippen molar-refractivity contribution in [3.63, 3.8) is 0 Å². The van der Waals surface area contributed by atoms with Crippen LogP contribution >= 0.6 is 0 Å². The van der Waals surface area contributed by atoms with Crippen molar-refractivity contribution >= 4 is 11.4 Å². The summed E-state index contributed by atoms with van der Waals surface area (Å²) in [6.45, 7) is 4.63. The van der Waals surface area contributed by atoms with Gasteiger partial charge in [0.05, 0.1) is 6.04 Å². The number of anilines is 2. The predicted octanol–water partition coefficient (Wildman–Crippen LogP) is 2.06. The molecule has 0 radical (unpaired) electrons. The van der Waals surface area contributed by atoms with E-state index in [9.17, 15) is 0 Å². The molecule has 1 aromatic carbocycles. The van der Waals surface area contributed by atoms with Crippen LogP contribution in [0.1, 0.15) is 19.3 Å². The monoisotopic (exact) mass is 231 g/mol. The molecule has 2 fully saturated rings. The van der Waals surface area contributed by atoms with Crippen LogP contribution in [0.5, 0.6) is 0 Å². The van der Waals surface area contributed by atoms with Gasteiger partial charge in [0.2, 0.25) is 0 Å². The molecule has 0 spiro atoms. The molecule has 1 aromatic rings. The van der Waals surface area contributed by atoms with E-state index in [2.05, 4.69) is 39.8 Å². The van der Waals surface area contributed by atoms with Gasteiger partial charge in [0, 0.05) is 37.6 Å². The Morgan fingerprint density at radius 1 is 1.00 bits per heavy atom. The number of nitrogens with zero attached hydrogens (tertiary/aromatic N) is 1. The maximum absolute atomic E-state index is 3.53. The second kappa shape index (κ2) is 4.96. The second-order valence-electron chi connectivity index (χ2n) is 5.09. The van der Waals surface area contributed by atoms with Gasteiger partial charge in [0.1, 0.15) is 0 Å². The fraction of sp³-hybridized carbons (Fsp3) is 0.571. The summed E-state index contributed by atoms with van der Waals surface area (Å²) in [5.74, 6) is 0. The minimum atomic E-state index is 0.621. The molecule has 2 aliphatic rings. The number of piperidine rings is 1. The van der Waals surface area contributed by atoms with Gasteiger partial charge < -0.3 is 15.5 Å². The van der Waals surface area contributed by atoms with Crippen LogP contribution in [-0.2, 0) is 0 Å². The number of nitrogens with one attached hydrogen (secondary N) is 2. The summed E-state index contributed by atoms with van der Waals surface area (Å²) in [6.07, 6.45) is 4.08. The normalized spacial score (nSPS) is 21.1. The first kappa shape index (κ1) is 10.9. The van der Waals surface area contributed by atoms with Crippen molar-refractivity contribution in [2.45, 2.75) is 25.3 Å². The number of hydrogen-bond acceptors (Lipinski definition) is 3. The minimum absolute atomic E-state index is 0.621. The zero-order valence-electron chi connectivity index (χ0n) is 10.3. The van der Waals surface area contributed by atoms with Crippen molar-refractivity contribution in [1.82, 2.24) is 5.32 Å². The van der Waals surface area contributed by atoms with Gasteiger partial charge in [-0.05, 0) is 43.5 Å². The van der Waals surface area contributed by atoms with E-state index in [1.54, 1.807) is 0 Å². The molecule has 2 saturated heterocycles. The quantitative estimate of drug-likeness (QED) is 0.834. The fourth-order valence-corrected chi connectivity index (χ4v) is 2.55. The molecule has 0 atom stereocenters. The zero-order chi connectivity index (χ0) is 11.5. The van der Waals surface area contributed by atoms with E-state index in [1.165, 1.54) is 43.7 Å². The van der Waals surface area contributed by atoms with Crippen molar-refractivity contribution in [3.8, 4) is 0 Å². The molecule has 2 N–H and O–H groups in total. The van der Waals surface area contributed by atoms with Crippen LogP contribution in [-0.4, -0.2) is 32.2 Å². The molecular formula is C14H21N3. The summed E-state index contributed by atoms with van der Waals surface area (Å²) in [6, 6.07) is 9.54. The Balaban J connectivity index is 1.62. The highest BCUT2D eigenvalue weighted by Crippen LogP contribution is 2.22. The van der Waals surface area contributed by atoms with E-state index in [1.807, 2.05) is 0 Å².